The molecule has 14 heteroatoms. The van der Waals surface area contributed by atoms with Crippen LogP contribution in [-0.4, -0.2) is 96.9 Å². The molecule has 4 aliphatic heterocycles. The number of benzene rings is 3. The van der Waals surface area contributed by atoms with Gasteiger partial charge in [0.15, 0.2) is 0 Å². The first-order chi connectivity index (χ1) is 27.5. The Hall–Kier alpha value is -5.29. The van der Waals surface area contributed by atoms with Crippen molar-refractivity contribution in [3.8, 4) is 6.07 Å². The molecular formula is C43H46ClN7O6. The lowest BCUT2D eigenvalue weighted by atomic mass is 9.89. The van der Waals surface area contributed by atoms with E-state index in [-0.39, 0.29) is 30.4 Å². The second kappa shape index (κ2) is 15.6. The zero-order valence-corrected chi connectivity index (χ0v) is 32.9. The highest BCUT2D eigenvalue weighted by molar-refractivity contribution is 6.32. The summed E-state index contributed by atoms with van der Waals surface area (Å²) in [7, 11) is 3.81. The first-order valence-corrected chi connectivity index (χ1v) is 20.1. The average molecular weight is 792 g/mol. The highest BCUT2D eigenvalue weighted by Gasteiger charge is 2.46. The Morgan fingerprint density at radius 1 is 0.947 bits per heavy atom. The Morgan fingerprint density at radius 2 is 1.60 bits per heavy atom. The van der Waals surface area contributed by atoms with Crippen LogP contribution in [0, 0.1) is 11.3 Å². The molecule has 3 aromatic carbocycles. The fraction of sp³-hybridized carbons (Fsp3) is 0.442. The maximum atomic E-state index is 13.4. The molecule has 57 heavy (non-hydrogen) atoms. The number of anilines is 2. The molecule has 1 atom stereocenters. The minimum absolute atomic E-state index is 0.0634. The van der Waals surface area contributed by atoms with Crippen molar-refractivity contribution in [3.05, 3.63) is 93.0 Å². The van der Waals surface area contributed by atoms with E-state index in [9.17, 15) is 29.2 Å². The predicted octanol–water partition coefficient (Wildman–Crippen LogP) is 4.79. The van der Waals surface area contributed by atoms with Gasteiger partial charge in [0, 0.05) is 82.3 Å². The highest BCUT2D eigenvalue weighted by Crippen LogP contribution is 2.37. The van der Waals surface area contributed by atoms with E-state index in [1.807, 2.05) is 36.4 Å². The molecule has 3 fully saturated rings. The second-order valence-electron chi connectivity index (χ2n) is 16.0. The molecule has 1 unspecified atom stereocenters. The molecule has 3 aromatic rings. The van der Waals surface area contributed by atoms with E-state index < -0.39 is 29.7 Å². The number of methoxy groups -OCH3 is 1. The van der Waals surface area contributed by atoms with Crippen LogP contribution >= 0.6 is 11.6 Å². The second-order valence-corrected chi connectivity index (χ2v) is 16.5. The number of ether oxygens (including phenoxy) is 1. The van der Waals surface area contributed by atoms with Gasteiger partial charge in [0.05, 0.1) is 27.3 Å². The number of imide groups is 2. The Balaban J connectivity index is 0.815. The Kier molecular flexibility index (Phi) is 10.5. The molecule has 5 aliphatic rings. The van der Waals surface area contributed by atoms with E-state index in [0.717, 1.165) is 79.0 Å². The van der Waals surface area contributed by atoms with Crippen molar-refractivity contribution >= 4 is 52.5 Å². The van der Waals surface area contributed by atoms with Gasteiger partial charge in [-0.1, -0.05) is 11.6 Å². The SMILES string of the molecule is COC1(CN2Cc3cc4c(cc3C2)C(=O)N(C2CCC(=O)NC2=O)C4=O)CCN(c2ccc(C(=O)N[C@H]3CC[C@H](N(C)c4ccc(C#N)c(Cl)c4)CC3)cc2)CC1. The van der Waals surface area contributed by atoms with Crippen molar-refractivity contribution in [2.24, 2.45) is 0 Å². The first kappa shape index (κ1) is 38.6. The topological polar surface area (TPSA) is 155 Å². The fourth-order valence-electron chi connectivity index (χ4n) is 9.28. The van der Waals surface area contributed by atoms with Gasteiger partial charge in [0.2, 0.25) is 11.8 Å². The third kappa shape index (κ3) is 7.49. The predicted molar refractivity (Wildman–Crippen MR) is 213 cm³/mol. The van der Waals surface area contributed by atoms with Gasteiger partial charge in [-0.2, -0.15) is 5.26 Å². The van der Waals surface area contributed by atoms with Crippen molar-refractivity contribution in [1.29, 1.82) is 5.26 Å². The summed E-state index contributed by atoms with van der Waals surface area (Å²) in [6.07, 6.45) is 5.48. The highest BCUT2D eigenvalue weighted by atomic mass is 35.5. The summed E-state index contributed by atoms with van der Waals surface area (Å²) >= 11 is 6.27. The Bertz CT molecular complexity index is 2130. The number of halogens is 1. The summed E-state index contributed by atoms with van der Waals surface area (Å²) in [5, 5.41) is 15.1. The zero-order valence-electron chi connectivity index (χ0n) is 32.2. The Morgan fingerprint density at radius 3 is 2.18 bits per heavy atom. The minimum atomic E-state index is -0.982. The summed E-state index contributed by atoms with van der Waals surface area (Å²) in [4.78, 5) is 71.9. The van der Waals surface area contributed by atoms with E-state index in [1.165, 1.54) is 0 Å². The van der Waals surface area contributed by atoms with Gasteiger partial charge in [0.25, 0.3) is 17.7 Å². The number of piperidine rings is 2. The summed E-state index contributed by atoms with van der Waals surface area (Å²) < 4.78 is 6.20. The summed E-state index contributed by atoms with van der Waals surface area (Å²) in [6, 6.07) is 18.5. The lowest BCUT2D eigenvalue weighted by molar-refractivity contribution is -0.136. The van der Waals surface area contributed by atoms with Crippen LogP contribution in [0.4, 0.5) is 11.4 Å². The third-order valence-corrected chi connectivity index (χ3v) is 13.0. The van der Waals surface area contributed by atoms with Crippen molar-refractivity contribution in [1.82, 2.24) is 20.4 Å². The van der Waals surface area contributed by atoms with Crippen LogP contribution in [0.15, 0.2) is 54.6 Å². The molecule has 2 N–H and O–H groups in total. The smallest absolute Gasteiger partial charge is 0.262 e. The van der Waals surface area contributed by atoms with Gasteiger partial charge in [-0.05, 0) is 111 Å². The molecule has 2 saturated heterocycles. The van der Waals surface area contributed by atoms with Gasteiger partial charge in [-0.3, -0.25) is 39.1 Å². The average Bonchev–Trinajstić information content (AvgIpc) is 3.72. The van der Waals surface area contributed by atoms with Gasteiger partial charge in [0.1, 0.15) is 12.1 Å². The molecule has 0 bridgehead atoms. The van der Waals surface area contributed by atoms with Crippen molar-refractivity contribution in [3.63, 3.8) is 0 Å². The van der Waals surface area contributed by atoms with Crippen molar-refractivity contribution in [2.75, 3.05) is 43.6 Å². The molecule has 1 saturated carbocycles. The Labute approximate surface area is 336 Å². The standard InChI is InChI=1S/C43H46ClN7O6/c1-48(33-10-5-27(22-45)36(44)21-33)31-11-6-30(7-12-31)46-39(53)26-3-8-32(9-4-26)50-17-15-43(57-2,16-18-50)25-49-23-28-19-34-35(20-29(28)24-49)42(56)51(41(34)55)37-13-14-38(52)47-40(37)54/h3-5,8-10,19-21,30-31,37H,6-7,11-18,23-25H2,1-2H3,(H,46,53)(H,47,52,54)/t30-,31-,37?. The lowest BCUT2D eigenvalue weighted by Crippen LogP contribution is -2.54. The molecule has 8 rings (SSSR count). The summed E-state index contributed by atoms with van der Waals surface area (Å²) in [6.45, 7) is 3.52. The van der Waals surface area contributed by atoms with Crippen LogP contribution in [0.2, 0.25) is 5.02 Å². The molecule has 296 valence electrons. The largest absolute Gasteiger partial charge is 0.377 e. The number of amides is 5. The van der Waals surface area contributed by atoms with E-state index >= 15 is 0 Å². The number of hydrogen-bond donors (Lipinski definition) is 2. The van der Waals surface area contributed by atoms with Gasteiger partial charge in [-0.15, -0.1) is 0 Å². The molecule has 0 aromatic heterocycles. The van der Waals surface area contributed by atoms with Crippen molar-refractivity contribution in [2.45, 2.75) is 88.2 Å². The number of carbonyl (C=O) groups excluding carboxylic acids is 5. The molecule has 13 nitrogen and oxygen atoms in total. The molecule has 1 aliphatic carbocycles. The summed E-state index contributed by atoms with van der Waals surface area (Å²) in [5.41, 5.74) is 5.37. The van der Waals surface area contributed by atoms with Crippen LogP contribution < -0.4 is 20.4 Å². The van der Waals surface area contributed by atoms with Crippen LogP contribution in [0.5, 0.6) is 0 Å². The maximum absolute atomic E-state index is 13.4. The van der Waals surface area contributed by atoms with E-state index in [0.29, 0.717) is 53.0 Å². The quantitative estimate of drug-likeness (QED) is 0.289. The number of hydrogen-bond acceptors (Lipinski definition) is 10. The van der Waals surface area contributed by atoms with E-state index in [2.05, 4.69) is 38.5 Å². The fourth-order valence-corrected chi connectivity index (χ4v) is 9.50. The van der Waals surface area contributed by atoms with E-state index in [4.69, 9.17) is 16.3 Å². The van der Waals surface area contributed by atoms with Crippen LogP contribution in [-0.2, 0) is 27.4 Å². The lowest BCUT2D eigenvalue weighted by Gasteiger charge is -2.43. The van der Waals surface area contributed by atoms with E-state index in [1.54, 1.807) is 25.3 Å². The number of fused-ring (bicyclic) bond motifs is 2. The van der Waals surface area contributed by atoms with Crippen LogP contribution in [0.3, 0.4) is 0 Å². The maximum Gasteiger partial charge on any atom is 0.262 e. The molecule has 0 radical (unpaired) electrons. The zero-order chi connectivity index (χ0) is 40.0. The molecule has 4 heterocycles. The summed E-state index contributed by atoms with van der Waals surface area (Å²) in [5.74, 6) is -2.05. The number of nitrogens with one attached hydrogen (secondary N) is 2. The van der Waals surface area contributed by atoms with Gasteiger partial charge >= 0.3 is 0 Å². The van der Waals surface area contributed by atoms with Crippen LogP contribution in [0.25, 0.3) is 0 Å². The minimum Gasteiger partial charge on any atom is -0.377 e. The number of nitriles is 1. The van der Waals surface area contributed by atoms with Crippen molar-refractivity contribution < 1.29 is 28.7 Å². The monoisotopic (exact) mass is 791 g/mol. The molecule has 0 spiro atoms. The number of nitrogens with zero attached hydrogens (tertiary/aromatic N) is 5. The van der Waals surface area contributed by atoms with Gasteiger partial charge in [-0.25, -0.2) is 0 Å². The van der Waals surface area contributed by atoms with Crippen LogP contribution in [0.1, 0.15) is 99.1 Å². The number of carbonyl (C=O) groups is 5. The molecular weight excluding hydrogens is 746 g/mol. The van der Waals surface area contributed by atoms with Gasteiger partial charge < -0.3 is 19.9 Å². The first-order valence-electron chi connectivity index (χ1n) is 19.7. The normalized spacial score (nSPS) is 23.2. The third-order valence-electron chi connectivity index (χ3n) is 12.7. The molecule has 5 amide bonds. The number of rotatable bonds is 9.